The average Bonchev–Trinajstić information content (AvgIpc) is 2.86. The largest absolute Gasteiger partial charge is 0.438 e. The molecule has 34 heavy (non-hydrogen) atoms. The zero-order chi connectivity index (χ0) is 23.9. The molecular weight excluding hydrogens is 426 g/mol. The second-order valence-corrected chi connectivity index (χ2v) is 7.78. The number of hydrogen-bond donors (Lipinski definition) is 1. The number of carbonyl (C=O) groups excluding carboxylic acids is 1. The van der Waals surface area contributed by atoms with Gasteiger partial charge in [-0.1, -0.05) is 24.3 Å². The maximum absolute atomic E-state index is 12.6. The molecule has 2 heterocycles. The highest BCUT2D eigenvalue weighted by atomic mass is 16.5. The van der Waals surface area contributed by atoms with Gasteiger partial charge in [0, 0.05) is 32.3 Å². The number of nitrogens with zero attached hydrogens (tertiary/aromatic N) is 4. The van der Waals surface area contributed by atoms with Crippen molar-refractivity contribution in [2.24, 2.45) is 0 Å². The van der Waals surface area contributed by atoms with E-state index < -0.39 is 0 Å². The molecule has 0 spiro atoms. The quantitative estimate of drug-likeness (QED) is 0.408. The minimum atomic E-state index is 0.0827. The van der Waals surface area contributed by atoms with Gasteiger partial charge < -0.3 is 10.1 Å². The number of hydrogen-bond acceptors (Lipinski definition) is 7. The van der Waals surface area contributed by atoms with E-state index in [1.165, 1.54) is 0 Å². The van der Waals surface area contributed by atoms with Gasteiger partial charge in [-0.05, 0) is 60.0 Å². The summed E-state index contributed by atoms with van der Waals surface area (Å²) in [7, 11) is 1.76. The Labute approximate surface area is 198 Å². The van der Waals surface area contributed by atoms with Crippen LogP contribution in [0.25, 0.3) is 11.3 Å². The summed E-state index contributed by atoms with van der Waals surface area (Å²) in [5.74, 6) is 1.68. The molecule has 0 fully saturated rings. The molecule has 0 saturated heterocycles. The second-order valence-electron chi connectivity index (χ2n) is 7.78. The third-order valence-corrected chi connectivity index (χ3v) is 5.23. The van der Waals surface area contributed by atoms with Gasteiger partial charge in [0.1, 0.15) is 11.5 Å². The molecule has 0 saturated carbocycles. The number of anilines is 1. The molecule has 0 aliphatic carbocycles. The molecule has 1 N–H and O–H groups in total. The zero-order valence-corrected chi connectivity index (χ0v) is 18.9. The van der Waals surface area contributed by atoms with E-state index in [0.29, 0.717) is 35.3 Å². The predicted octanol–water partition coefficient (Wildman–Crippen LogP) is 4.91. The van der Waals surface area contributed by atoms with Crippen molar-refractivity contribution in [3.63, 3.8) is 0 Å². The van der Waals surface area contributed by atoms with Gasteiger partial charge in [-0.15, -0.1) is 0 Å². The molecule has 7 nitrogen and oxygen atoms in total. The van der Waals surface area contributed by atoms with Crippen molar-refractivity contribution < 1.29 is 9.53 Å². The van der Waals surface area contributed by atoms with Crippen LogP contribution in [0.1, 0.15) is 22.3 Å². The molecule has 0 amide bonds. The van der Waals surface area contributed by atoms with E-state index in [1.54, 1.807) is 43.7 Å². The number of nitrogens with one attached hydrogen (secondary N) is 1. The highest BCUT2D eigenvalue weighted by Gasteiger charge is 2.13. The molecular formula is C27H23N5O2. The molecule has 0 bridgehead atoms. The Kier molecular flexibility index (Phi) is 6.89. The maximum atomic E-state index is 12.6. The van der Waals surface area contributed by atoms with Crippen LogP contribution in [0.2, 0.25) is 0 Å². The number of ether oxygens (including phenoxy) is 1. The van der Waals surface area contributed by atoms with E-state index in [9.17, 15) is 4.79 Å². The number of rotatable bonds is 8. The first kappa shape index (κ1) is 22.6. The number of nitriles is 1. The fourth-order valence-corrected chi connectivity index (χ4v) is 3.61. The molecule has 168 valence electrons. The fraction of sp³-hybridized carbons (Fsp3) is 0.148. The first-order valence-corrected chi connectivity index (χ1v) is 10.8. The molecule has 0 radical (unpaired) electrons. The lowest BCUT2D eigenvalue weighted by molar-refractivity contribution is -0.117. The van der Waals surface area contributed by atoms with Crippen LogP contribution >= 0.6 is 0 Å². The number of benzene rings is 2. The van der Waals surface area contributed by atoms with Crippen LogP contribution < -0.4 is 10.1 Å². The monoisotopic (exact) mass is 449 g/mol. The van der Waals surface area contributed by atoms with Gasteiger partial charge in [0.25, 0.3) is 0 Å². The molecule has 0 aliphatic rings. The number of aryl methyl sites for hydroxylation is 1. The Hall–Kier alpha value is -4.57. The summed E-state index contributed by atoms with van der Waals surface area (Å²) in [6, 6.07) is 20.5. The van der Waals surface area contributed by atoms with Gasteiger partial charge in [0.15, 0.2) is 0 Å². The van der Waals surface area contributed by atoms with Crippen LogP contribution in [0.5, 0.6) is 11.6 Å². The molecule has 2 aromatic carbocycles. The lowest BCUT2D eigenvalue weighted by Gasteiger charge is -2.13. The van der Waals surface area contributed by atoms with Crippen LogP contribution in [0.4, 0.5) is 5.95 Å². The minimum absolute atomic E-state index is 0.0827. The maximum Gasteiger partial charge on any atom is 0.228 e. The van der Waals surface area contributed by atoms with Crippen LogP contribution in [-0.4, -0.2) is 27.8 Å². The van der Waals surface area contributed by atoms with E-state index in [0.717, 1.165) is 22.3 Å². The summed E-state index contributed by atoms with van der Waals surface area (Å²) in [6.07, 6.45) is 3.94. The topological polar surface area (TPSA) is 101 Å². The number of ketones is 1. The van der Waals surface area contributed by atoms with Crippen LogP contribution in [-0.2, 0) is 17.6 Å². The van der Waals surface area contributed by atoms with Gasteiger partial charge in [-0.3, -0.25) is 4.79 Å². The lowest BCUT2D eigenvalue weighted by Crippen LogP contribution is -2.07. The summed E-state index contributed by atoms with van der Waals surface area (Å²) in [4.78, 5) is 25.6. The highest BCUT2D eigenvalue weighted by Crippen LogP contribution is 2.32. The first-order valence-electron chi connectivity index (χ1n) is 10.8. The zero-order valence-electron chi connectivity index (χ0n) is 18.9. The van der Waals surface area contributed by atoms with E-state index in [4.69, 9.17) is 10.00 Å². The van der Waals surface area contributed by atoms with Crippen LogP contribution in [0.3, 0.4) is 0 Å². The molecule has 0 aliphatic heterocycles. The Morgan fingerprint density at radius 1 is 1.00 bits per heavy atom. The third-order valence-electron chi connectivity index (χ3n) is 5.23. The van der Waals surface area contributed by atoms with Crippen molar-refractivity contribution in [3.8, 4) is 29.0 Å². The summed E-state index contributed by atoms with van der Waals surface area (Å²) >= 11 is 0. The summed E-state index contributed by atoms with van der Waals surface area (Å²) < 4.78 is 6.14. The molecule has 2 aromatic heterocycles. The van der Waals surface area contributed by atoms with Crippen LogP contribution in [0, 0.1) is 18.3 Å². The molecule has 0 atom stereocenters. The lowest BCUT2D eigenvalue weighted by atomic mass is 10.0. The predicted molar refractivity (Wildman–Crippen MR) is 130 cm³/mol. The molecule has 7 heteroatoms. The minimum Gasteiger partial charge on any atom is -0.438 e. The Bertz CT molecular complexity index is 1380. The number of pyridine rings is 1. The molecule has 4 aromatic rings. The van der Waals surface area contributed by atoms with Gasteiger partial charge in [-0.25, -0.2) is 15.0 Å². The first-order chi connectivity index (χ1) is 16.6. The third kappa shape index (κ3) is 5.43. The van der Waals surface area contributed by atoms with Gasteiger partial charge in [-0.2, -0.15) is 5.26 Å². The second kappa shape index (κ2) is 10.4. The Morgan fingerprint density at radius 2 is 1.82 bits per heavy atom. The van der Waals surface area contributed by atoms with Crippen molar-refractivity contribution in [1.82, 2.24) is 15.0 Å². The summed E-state index contributed by atoms with van der Waals surface area (Å²) in [5.41, 5.74) is 4.65. The van der Waals surface area contributed by atoms with Gasteiger partial charge in [0.2, 0.25) is 11.8 Å². The van der Waals surface area contributed by atoms with E-state index >= 15 is 0 Å². The summed E-state index contributed by atoms with van der Waals surface area (Å²) in [6.45, 7) is 1.94. The summed E-state index contributed by atoms with van der Waals surface area (Å²) in [5, 5.41) is 12.0. The van der Waals surface area contributed by atoms with Crippen LogP contribution in [0.15, 0.2) is 73.1 Å². The SMILES string of the molecule is CNc1nccc(-c2cccnc2Oc2ccc(CC(=O)Cc3cccc(C#N)c3)cc2C)n1. The normalized spacial score (nSPS) is 10.4. The number of Topliss-reactive ketones (excluding diaryl/α,β-unsaturated/α-hetero) is 1. The Balaban J connectivity index is 1.49. The van der Waals surface area contributed by atoms with Crippen molar-refractivity contribution in [3.05, 3.63) is 95.3 Å². The highest BCUT2D eigenvalue weighted by molar-refractivity contribution is 5.83. The smallest absolute Gasteiger partial charge is 0.228 e. The number of carbonyl (C=O) groups is 1. The van der Waals surface area contributed by atoms with Gasteiger partial charge >= 0.3 is 0 Å². The standard InChI is InChI=1S/C27H23N5O2/c1-18-13-20(16-22(33)15-19-5-3-6-21(14-19)17-28)8-9-25(18)34-26-23(7-4-11-30-26)24-10-12-31-27(29-2)32-24/h3-14H,15-16H2,1-2H3,(H,29,31,32). The van der Waals surface area contributed by atoms with E-state index in [1.807, 2.05) is 43.3 Å². The van der Waals surface area contributed by atoms with Crippen molar-refractivity contribution in [1.29, 1.82) is 5.26 Å². The average molecular weight is 450 g/mol. The van der Waals surface area contributed by atoms with Crippen molar-refractivity contribution in [2.45, 2.75) is 19.8 Å². The van der Waals surface area contributed by atoms with Crippen molar-refractivity contribution in [2.75, 3.05) is 12.4 Å². The van der Waals surface area contributed by atoms with Crippen molar-refractivity contribution >= 4 is 11.7 Å². The van der Waals surface area contributed by atoms with E-state index in [2.05, 4.69) is 26.3 Å². The molecule has 4 rings (SSSR count). The van der Waals surface area contributed by atoms with E-state index in [-0.39, 0.29) is 12.2 Å². The molecule has 0 unspecified atom stereocenters. The fourth-order valence-electron chi connectivity index (χ4n) is 3.61. The number of aromatic nitrogens is 3. The van der Waals surface area contributed by atoms with Gasteiger partial charge in [0.05, 0.1) is 22.9 Å². The Morgan fingerprint density at radius 3 is 2.59 bits per heavy atom.